The number of carbonyl (C=O) groups excluding carboxylic acids is 1. The zero-order valence-corrected chi connectivity index (χ0v) is 8.68. The van der Waals surface area contributed by atoms with Crippen molar-refractivity contribution in [2.24, 2.45) is 0 Å². The van der Waals surface area contributed by atoms with Crippen molar-refractivity contribution in [1.29, 1.82) is 0 Å². The summed E-state index contributed by atoms with van der Waals surface area (Å²) in [5.41, 5.74) is 0.790. The summed E-state index contributed by atoms with van der Waals surface area (Å²) in [5.74, 6) is -0.581. The van der Waals surface area contributed by atoms with Crippen LogP contribution in [-0.2, 0) is 0 Å². The number of alkyl halides is 2. The quantitative estimate of drug-likeness (QED) is 0.814. The molecule has 0 saturated heterocycles. The lowest BCUT2D eigenvalue weighted by Crippen LogP contribution is -2.28. The summed E-state index contributed by atoms with van der Waals surface area (Å²) in [6.07, 6.45) is -2.56. The van der Waals surface area contributed by atoms with Crippen LogP contribution in [0.5, 0.6) is 0 Å². The molecule has 0 aliphatic heterocycles. The van der Waals surface area contributed by atoms with Gasteiger partial charge in [0.2, 0.25) is 0 Å². The molecular weight excluding hydrogens is 226 g/mol. The molecule has 0 aromatic carbocycles. The van der Waals surface area contributed by atoms with Crippen molar-refractivity contribution >= 4 is 17.5 Å². The monoisotopic (exact) mass is 234 g/mol. The summed E-state index contributed by atoms with van der Waals surface area (Å²) in [7, 11) is 0. The Morgan fingerprint density at radius 3 is 2.80 bits per heavy atom. The van der Waals surface area contributed by atoms with Crippen LogP contribution in [0.3, 0.4) is 0 Å². The summed E-state index contributed by atoms with van der Waals surface area (Å²) in [6, 6.07) is 2.81. The molecule has 15 heavy (non-hydrogen) atoms. The molecule has 0 aliphatic rings. The van der Waals surface area contributed by atoms with Gasteiger partial charge >= 0.3 is 0 Å². The number of halogens is 3. The molecule has 1 N–H and O–H groups in total. The van der Waals surface area contributed by atoms with Gasteiger partial charge in [-0.3, -0.25) is 4.79 Å². The van der Waals surface area contributed by atoms with E-state index in [1.807, 2.05) is 0 Å². The van der Waals surface area contributed by atoms with Crippen molar-refractivity contribution in [3.63, 3.8) is 0 Å². The molecule has 0 bridgehead atoms. The Kier molecular flexibility index (Phi) is 3.96. The van der Waals surface area contributed by atoms with Gasteiger partial charge in [-0.15, -0.1) is 0 Å². The Hall–Kier alpha value is -1.23. The summed E-state index contributed by atoms with van der Waals surface area (Å²) in [4.78, 5) is 15.2. The summed E-state index contributed by atoms with van der Waals surface area (Å²) < 4.78 is 23.6. The normalized spacial score (nSPS) is 10.5. The number of aromatic nitrogens is 1. The number of amides is 1. The zero-order valence-electron chi connectivity index (χ0n) is 7.93. The molecule has 1 amide bonds. The fourth-order valence-corrected chi connectivity index (χ4v) is 1.28. The molecule has 1 aromatic heterocycles. The van der Waals surface area contributed by atoms with Crippen LogP contribution >= 0.6 is 11.6 Å². The van der Waals surface area contributed by atoms with E-state index in [1.165, 1.54) is 12.1 Å². The topological polar surface area (TPSA) is 42.0 Å². The molecule has 6 heteroatoms. The number of carbonyl (C=O) groups is 1. The molecule has 1 rings (SSSR count). The van der Waals surface area contributed by atoms with Crippen molar-refractivity contribution in [1.82, 2.24) is 10.3 Å². The van der Waals surface area contributed by atoms with E-state index in [1.54, 1.807) is 6.92 Å². The minimum atomic E-state index is -2.56. The third-order valence-corrected chi connectivity index (χ3v) is 1.79. The Bertz CT molecular complexity index is 351. The van der Waals surface area contributed by atoms with Crippen molar-refractivity contribution in [2.45, 2.75) is 13.3 Å². The van der Waals surface area contributed by atoms with E-state index < -0.39 is 18.9 Å². The maximum absolute atomic E-state index is 11.8. The number of rotatable bonds is 3. The maximum Gasteiger partial charge on any atom is 0.255 e. The van der Waals surface area contributed by atoms with E-state index in [-0.39, 0.29) is 10.7 Å². The third kappa shape index (κ3) is 3.79. The highest BCUT2D eigenvalue weighted by molar-refractivity contribution is 6.29. The van der Waals surface area contributed by atoms with Gasteiger partial charge in [-0.05, 0) is 19.1 Å². The molecule has 0 unspecified atom stereocenters. The predicted molar refractivity (Wildman–Crippen MR) is 52.3 cm³/mol. The largest absolute Gasteiger partial charge is 0.346 e. The number of hydrogen-bond acceptors (Lipinski definition) is 2. The first kappa shape index (κ1) is 11.8. The van der Waals surface area contributed by atoms with E-state index in [9.17, 15) is 13.6 Å². The molecular formula is C9H9ClF2N2O. The van der Waals surface area contributed by atoms with E-state index in [0.717, 1.165) is 0 Å². The van der Waals surface area contributed by atoms with Gasteiger partial charge in [-0.2, -0.15) is 0 Å². The van der Waals surface area contributed by atoms with Gasteiger partial charge in [0.15, 0.2) is 0 Å². The SMILES string of the molecule is Cc1cc(C(=O)NCC(F)F)cc(Cl)n1. The molecule has 0 aliphatic carbocycles. The highest BCUT2D eigenvalue weighted by Crippen LogP contribution is 2.10. The van der Waals surface area contributed by atoms with Gasteiger partial charge in [-0.1, -0.05) is 11.6 Å². The van der Waals surface area contributed by atoms with Crippen LogP contribution in [0.25, 0.3) is 0 Å². The average molecular weight is 235 g/mol. The standard InChI is InChI=1S/C9H9ClF2N2O/c1-5-2-6(3-7(10)14-5)9(15)13-4-8(11)12/h2-3,8H,4H2,1H3,(H,13,15). The Labute approximate surface area is 90.5 Å². The molecule has 3 nitrogen and oxygen atoms in total. The van der Waals surface area contributed by atoms with Crippen LogP contribution in [0.15, 0.2) is 12.1 Å². The Morgan fingerprint density at radius 2 is 2.27 bits per heavy atom. The van der Waals surface area contributed by atoms with Gasteiger partial charge in [0.05, 0.1) is 6.54 Å². The molecule has 0 radical (unpaired) electrons. The first-order chi connectivity index (χ1) is 6.99. The molecule has 0 atom stereocenters. The summed E-state index contributed by atoms with van der Waals surface area (Å²) in [5, 5.41) is 2.24. The highest BCUT2D eigenvalue weighted by atomic mass is 35.5. The predicted octanol–water partition coefficient (Wildman–Crippen LogP) is 2.04. The zero-order chi connectivity index (χ0) is 11.4. The molecule has 1 aromatic rings. The number of aryl methyl sites for hydroxylation is 1. The fourth-order valence-electron chi connectivity index (χ4n) is 1.03. The van der Waals surface area contributed by atoms with E-state index in [4.69, 9.17) is 11.6 Å². The van der Waals surface area contributed by atoms with Crippen molar-refractivity contribution in [3.8, 4) is 0 Å². The Balaban J connectivity index is 2.73. The summed E-state index contributed by atoms with van der Waals surface area (Å²) >= 11 is 5.62. The lowest BCUT2D eigenvalue weighted by atomic mass is 10.2. The Morgan fingerprint density at radius 1 is 1.60 bits per heavy atom. The van der Waals surface area contributed by atoms with Crippen LogP contribution < -0.4 is 5.32 Å². The summed E-state index contributed by atoms with van der Waals surface area (Å²) in [6.45, 7) is 0.994. The van der Waals surface area contributed by atoms with Gasteiger partial charge in [0.1, 0.15) is 5.15 Å². The number of hydrogen-bond donors (Lipinski definition) is 1. The van der Waals surface area contributed by atoms with Crippen LogP contribution in [0, 0.1) is 6.92 Å². The van der Waals surface area contributed by atoms with Crippen LogP contribution in [0.1, 0.15) is 16.1 Å². The van der Waals surface area contributed by atoms with Crippen LogP contribution in [-0.4, -0.2) is 23.9 Å². The number of nitrogens with zero attached hydrogens (tertiary/aromatic N) is 1. The molecule has 0 fully saturated rings. The van der Waals surface area contributed by atoms with Crippen molar-refractivity contribution in [3.05, 3.63) is 28.5 Å². The molecule has 1 heterocycles. The fraction of sp³-hybridized carbons (Fsp3) is 0.333. The van der Waals surface area contributed by atoms with Crippen molar-refractivity contribution < 1.29 is 13.6 Å². The third-order valence-electron chi connectivity index (χ3n) is 1.60. The molecule has 82 valence electrons. The second-order valence-corrected chi connectivity index (χ2v) is 3.31. The number of pyridine rings is 1. The second-order valence-electron chi connectivity index (χ2n) is 2.92. The minimum Gasteiger partial charge on any atom is -0.346 e. The highest BCUT2D eigenvalue weighted by Gasteiger charge is 2.10. The van der Waals surface area contributed by atoms with E-state index in [2.05, 4.69) is 10.3 Å². The van der Waals surface area contributed by atoms with Gasteiger partial charge in [0, 0.05) is 11.3 Å². The van der Waals surface area contributed by atoms with E-state index in [0.29, 0.717) is 5.69 Å². The van der Waals surface area contributed by atoms with Gasteiger partial charge in [-0.25, -0.2) is 13.8 Å². The van der Waals surface area contributed by atoms with E-state index >= 15 is 0 Å². The first-order valence-corrected chi connectivity index (χ1v) is 4.57. The second kappa shape index (κ2) is 5.02. The average Bonchev–Trinajstić information content (AvgIpc) is 2.12. The van der Waals surface area contributed by atoms with Gasteiger partial charge in [0.25, 0.3) is 12.3 Å². The molecule has 0 saturated carbocycles. The lowest BCUT2D eigenvalue weighted by molar-refractivity contribution is 0.0891. The number of nitrogens with one attached hydrogen (secondary N) is 1. The maximum atomic E-state index is 11.8. The smallest absolute Gasteiger partial charge is 0.255 e. The van der Waals surface area contributed by atoms with Gasteiger partial charge < -0.3 is 5.32 Å². The lowest BCUT2D eigenvalue weighted by Gasteiger charge is -2.05. The van der Waals surface area contributed by atoms with Crippen LogP contribution in [0.2, 0.25) is 5.15 Å². The first-order valence-electron chi connectivity index (χ1n) is 4.19. The van der Waals surface area contributed by atoms with Crippen LogP contribution in [0.4, 0.5) is 8.78 Å². The minimum absolute atomic E-state index is 0.164. The molecule has 0 spiro atoms. The van der Waals surface area contributed by atoms with Crippen molar-refractivity contribution in [2.75, 3.05) is 6.54 Å².